The lowest BCUT2D eigenvalue weighted by atomic mass is 10.2. The molecule has 0 unspecified atom stereocenters. The van der Waals surface area contributed by atoms with Crippen molar-refractivity contribution in [1.29, 1.82) is 0 Å². The lowest BCUT2D eigenvalue weighted by Crippen LogP contribution is -2.50. The smallest absolute Gasteiger partial charge is 0.246 e. The van der Waals surface area contributed by atoms with E-state index in [1.165, 1.54) is 29.6 Å². The van der Waals surface area contributed by atoms with Crippen molar-refractivity contribution >= 4 is 33.6 Å². The van der Waals surface area contributed by atoms with E-state index in [9.17, 15) is 13.2 Å². The topological polar surface area (TPSA) is 85.4 Å². The van der Waals surface area contributed by atoms with Gasteiger partial charge < -0.3 is 19.1 Å². The van der Waals surface area contributed by atoms with Crippen LogP contribution in [0.25, 0.3) is 6.08 Å². The molecule has 2 aliphatic rings. The Kier molecular flexibility index (Phi) is 6.08. The molecule has 0 radical (unpaired) electrons. The van der Waals surface area contributed by atoms with E-state index in [0.717, 1.165) is 5.56 Å². The van der Waals surface area contributed by atoms with Gasteiger partial charge in [-0.2, -0.15) is 4.31 Å². The number of piperazine rings is 1. The van der Waals surface area contributed by atoms with Crippen LogP contribution < -0.4 is 14.2 Å². The van der Waals surface area contributed by atoms with Gasteiger partial charge in [0.25, 0.3) is 0 Å². The first-order chi connectivity index (χ1) is 14.9. The fraction of sp³-hybridized carbons (Fsp3) is 0.286. The van der Waals surface area contributed by atoms with Gasteiger partial charge in [0.2, 0.25) is 22.7 Å². The van der Waals surface area contributed by atoms with Crippen LogP contribution in [0.1, 0.15) is 5.56 Å². The Hall–Kier alpha value is -2.75. The summed E-state index contributed by atoms with van der Waals surface area (Å²) in [6, 6.07) is 9.90. The predicted molar refractivity (Wildman–Crippen MR) is 115 cm³/mol. The number of halogens is 1. The molecule has 2 heterocycles. The summed E-state index contributed by atoms with van der Waals surface area (Å²) >= 11 is 5.99. The molecule has 0 bridgehead atoms. The number of sulfonamides is 1. The number of rotatable bonds is 5. The van der Waals surface area contributed by atoms with Gasteiger partial charge in [-0.05, 0) is 42.0 Å². The molecule has 0 aromatic heterocycles. The second-order valence-corrected chi connectivity index (χ2v) is 9.31. The van der Waals surface area contributed by atoms with Crippen molar-refractivity contribution in [2.45, 2.75) is 4.90 Å². The van der Waals surface area contributed by atoms with E-state index in [4.69, 9.17) is 25.8 Å². The molecule has 1 saturated heterocycles. The Morgan fingerprint density at radius 2 is 1.81 bits per heavy atom. The number of methoxy groups -OCH3 is 1. The average molecular weight is 465 g/mol. The Bertz CT molecular complexity index is 1130. The molecule has 164 valence electrons. The van der Waals surface area contributed by atoms with Crippen LogP contribution in [0, 0.1) is 0 Å². The highest BCUT2D eigenvalue weighted by molar-refractivity contribution is 7.89. The molecular formula is C21H21ClN2O6S. The Balaban J connectivity index is 1.40. The van der Waals surface area contributed by atoms with Gasteiger partial charge in [-0.15, -0.1) is 0 Å². The van der Waals surface area contributed by atoms with Crippen LogP contribution in [0.3, 0.4) is 0 Å². The van der Waals surface area contributed by atoms with Gasteiger partial charge in [0.1, 0.15) is 10.6 Å². The summed E-state index contributed by atoms with van der Waals surface area (Å²) in [5.74, 6) is 1.37. The second kappa shape index (κ2) is 8.78. The molecule has 0 spiro atoms. The average Bonchev–Trinajstić information content (AvgIpc) is 3.25. The van der Waals surface area contributed by atoms with Crippen LogP contribution in [0.2, 0.25) is 5.02 Å². The van der Waals surface area contributed by atoms with Gasteiger partial charge in [0.05, 0.1) is 7.11 Å². The van der Waals surface area contributed by atoms with Crippen molar-refractivity contribution in [2.24, 2.45) is 0 Å². The van der Waals surface area contributed by atoms with Crippen molar-refractivity contribution in [3.63, 3.8) is 0 Å². The highest BCUT2D eigenvalue weighted by atomic mass is 35.5. The summed E-state index contributed by atoms with van der Waals surface area (Å²) in [4.78, 5) is 14.2. The van der Waals surface area contributed by atoms with Crippen molar-refractivity contribution < 1.29 is 27.4 Å². The zero-order chi connectivity index (χ0) is 22.0. The first-order valence-electron chi connectivity index (χ1n) is 9.59. The standard InChI is InChI=1S/C21H21ClN2O6S/c1-28-18-6-4-16(22)13-20(18)31(26,27)24-10-8-23(9-11-24)21(25)7-3-15-2-5-17-19(12-15)30-14-29-17/h2-7,12-13H,8-11,14H2,1H3/b7-3+. The second-order valence-electron chi connectivity index (χ2n) is 6.97. The molecule has 4 rings (SSSR count). The van der Waals surface area contributed by atoms with E-state index in [2.05, 4.69) is 0 Å². The predicted octanol–water partition coefficient (Wildman–Crippen LogP) is 2.62. The fourth-order valence-electron chi connectivity index (χ4n) is 3.43. The highest BCUT2D eigenvalue weighted by Crippen LogP contribution is 2.33. The van der Waals surface area contributed by atoms with Crippen LogP contribution in [0.15, 0.2) is 47.4 Å². The lowest BCUT2D eigenvalue weighted by Gasteiger charge is -2.33. The number of carbonyl (C=O) groups is 1. The molecule has 1 amide bonds. The maximum Gasteiger partial charge on any atom is 0.246 e. The van der Waals surface area contributed by atoms with E-state index in [1.807, 2.05) is 6.07 Å². The molecular weight excluding hydrogens is 444 g/mol. The largest absolute Gasteiger partial charge is 0.495 e. The van der Waals surface area contributed by atoms with Gasteiger partial charge in [-0.3, -0.25) is 4.79 Å². The number of hydrogen-bond donors (Lipinski definition) is 0. The number of hydrogen-bond acceptors (Lipinski definition) is 6. The van der Waals surface area contributed by atoms with E-state index in [-0.39, 0.29) is 49.5 Å². The maximum atomic E-state index is 13.0. The molecule has 2 aliphatic heterocycles. The molecule has 0 N–H and O–H groups in total. The number of carbonyl (C=O) groups excluding carboxylic acids is 1. The number of nitrogens with zero attached hydrogens (tertiary/aromatic N) is 2. The molecule has 31 heavy (non-hydrogen) atoms. The maximum absolute atomic E-state index is 13.0. The lowest BCUT2D eigenvalue weighted by molar-refractivity contribution is -0.127. The zero-order valence-electron chi connectivity index (χ0n) is 16.8. The van der Waals surface area contributed by atoms with Crippen LogP contribution >= 0.6 is 11.6 Å². The third-order valence-corrected chi connectivity index (χ3v) is 7.26. The summed E-state index contributed by atoms with van der Waals surface area (Å²) in [6.07, 6.45) is 3.17. The van der Waals surface area contributed by atoms with E-state index in [0.29, 0.717) is 16.5 Å². The number of amides is 1. The zero-order valence-corrected chi connectivity index (χ0v) is 18.4. The third kappa shape index (κ3) is 4.48. The van der Waals surface area contributed by atoms with Crippen LogP contribution in [0.5, 0.6) is 17.2 Å². The fourth-order valence-corrected chi connectivity index (χ4v) is 5.27. The Labute approximate surface area is 185 Å². The van der Waals surface area contributed by atoms with Crippen molar-refractivity contribution in [3.05, 3.63) is 53.1 Å². The van der Waals surface area contributed by atoms with Crippen molar-refractivity contribution in [2.75, 3.05) is 40.1 Å². The summed E-state index contributed by atoms with van der Waals surface area (Å²) in [5, 5.41) is 0.307. The summed E-state index contributed by atoms with van der Waals surface area (Å²) in [6.45, 7) is 1.12. The molecule has 10 heteroatoms. The monoisotopic (exact) mass is 464 g/mol. The molecule has 2 aromatic rings. The minimum atomic E-state index is -3.80. The first-order valence-corrected chi connectivity index (χ1v) is 11.4. The quantitative estimate of drug-likeness (QED) is 0.632. The van der Waals surface area contributed by atoms with Gasteiger partial charge in [0, 0.05) is 37.3 Å². The molecule has 0 saturated carbocycles. The van der Waals surface area contributed by atoms with Gasteiger partial charge in [0.15, 0.2) is 11.5 Å². The van der Waals surface area contributed by atoms with Crippen molar-refractivity contribution in [3.8, 4) is 17.2 Å². The van der Waals surface area contributed by atoms with Gasteiger partial charge >= 0.3 is 0 Å². The molecule has 2 aromatic carbocycles. The Morgan fingerprint density at radius 1 is 1.06 bits per heavy atom. The summed E-state index contributed by atoms with van der Waals surface area (Å²) in [5.41, 5.74) is 0.812. The number of benzene rings is 2. The molecule has 1 fully saturated rings. The van der Waals surface area contributed by atoms with Crippen LogP contribution in [-0.2, 0) is 14.8 Å². The van der Waals surface area contributed by atoms with Crippen molar-refractivity contribution in [1.82, 2.24) is 9.21 Å². The van der Waals surface area contributed by atoms with Crippen LogP contribution in [0.4, 0.5) is 0 Å². The van der Waals surface area contributed by atoms with Gasteiger partial charge in [-0.25, -0.2) is 8.42 Å². The number of ether oxygens (including phenoxy) is 3. The highest BCUT2D eigenvalue weighted by Gasteiger charge is 2.32. The SMILES string of the molecule is COc1ccc(Cl)cc1S(=O)(=O)N1CCN(C(=O)/C=C/c2ccc3c(c2)OCO3)CC1. The van der Waals surface area contributed by atoms with E-state index >= 15 is 0 Å². The number of fused-ring (bicyclic) bond motifs is 1. The minimum Gasteiger partial charge on any atom is -0.495 e. The normalized spacial score (nSPS) is 16.6. The molecule has 0 atom stereocenters. The first kappa shape index (κ1) is 21.5. The van der Waals surface area contributed by atoms with E-state index < -0.39 is 10.0 Å². The molecule has 0 aliphatic carbocycles. The minimum absolute atomic E-state index is 0.0185. The van der Waals surface area contributed by atoms with Crippen LogP contribution in [-0.4, -0.2) is 63.6 Å². The van der Waals surface area contributed by atoms with Gasteiger partial charge in [-0.1, -0.05) is 17.7 Å². The third-order valence-electron chi connectivity index (χ3n) is 5.11. The summed E-state index contributed by atoms with van der Waals surface area (Å²) in [7, 11) is -2.39. The Morgan fingerprint density at radius 3 is 2.55 bits per heavy atom. The molecule has 8 nitrogen and oxygen atoms in total. The summed E-state index contributed by atoms with van der Waals surface area (Å²) < 4.78 is 43.2. The van der Waals surface area contributed by atoms with E-state index in [1.54, 1.807) is 29.2 Å².